The minimum Gasteiger partial charge on any atom is -0.444 e. The molecule has 0 atom stereocenters. The highest BCUT2D eigenvalue weighted by Crippen LogP contribution is 2.50. The standard InChI is InChI=1S/C13H26NO7PS/c1-6-19-22(16,20-7-2)10-23(17,18)11-8-14(9-11)12(15)21-13(3,4)5/h11H,6-10H2,1-5H3. The minimum atomic E-state index is -3.70. The van der Waals surface area contributed by atoms with Crippen LogP contribution in [0.5, 0.6) is 0 Å². The van der Waals surface area contributed by atoms with Gasteiger partial charge >= 0.3 is 13.7 Å². The Morgan fingerprint density at radius 1 is 1.17 bits per heavy atom. The van der Waals surface area contributed by atoms with Gasteiger partial charge in [0.2, 0.25) is 0 Å². The van der Waals surface area contributed by atoms with E-state index in [0.29, 0.717) is 0 Å². The Morgan fingerprint density at radius 3 is 2.04 bits per heavy atom. The molecule has 0 aliphatic carbocycles. The number of rotatable bonds is 7. The Kier molecular flexibility index (Phi) is 6.66. The second kappa shape index (κ2) is 7.51. The van der Waals surface area contributed by atoms with Crippen LogP contribution in [0, 0.1) is 0 Å². The number of hydrogen-bond donors (Lipinski definition) is 0. The monoisotopic (exact) mass is 371 g/mol. The molecule has 1 amide bonds. The van der Waals surface area contributed by atoms with Gasteiger partial charge in [0.05, 0.1) is 18.5 Å². The van der Waals surface area contributed by atoms with Crippen molar-refractivity contribution in [2.45, 2.75) is 45.5 Å². The largest absolute Gasteiger partial charge is 0.444 e. The summed E-state index contributed by atoms with van der Waals surface area (Å²) in [6.45, 7) is 8.68. The topological polar surface area (TPSA) is 99.2 Å². The van der Waals surface area contributed by atoms with Gasteiger partial charge in [0.15, 0.2) is 15.3 Å². The van der Waals surface area contributed by atoms with Crippen LogP contribution in [0.4, 0.5) is 4.79 Å². The number of carbonyl (C=O) groups excluding carboxylic acids is 1. The van der Waals surface area contributed by atoms with Crippen LogP contribution >= 0.6 is 7.60 Å². The molecule has 8 nitrogen and oxygen atoms in total. The molecule has 0 spiro atoms. The van der Waals surface area contributed by atoms with E-state index in [2.05, 4.69) is 0 Å². The summed E-state index contributed by atoms with van der Waals surface area (Å²) in [6.07, 6.45) is -0.554. The molecule has 136 valence electrons. The first kappa shape index (κ1) is 20.4. The van der Waals surface area contributed by atoms with E-state index in [1.165, 1.54) is 4.90 Å². The van der Waals surface area contributed by atoms with Crippen molar-refractivity contribution in [3.63, 3.8) is 0 Å². The summed E-state index contributed by atoms with van der Waals surface area (Å²) in [4.78, 5) is 13.1. The van der Waals surface area contributed by atoms with Crippen LogP contribution in [-0.2, 0) is 28.2 Å². The van der Waals surface area contributed by atoms with Gasteiger partial charge < -0.3 is 18.7 Å². The van der Waals surface area contributed by atoms with E-state index in [9.17, 15) is 17.8 Å². The minimum absolute atomic E-state index is 0.0233. The quantitative estimate of drug-likeness (QED) is 0.633. The maximum Gasteiger partial charge on any atom is 0.410 e. The molecule has 0 radical (unpaired) electrons. The van der Waals surface area contributed by atoms with E-state index in [4.69, 9.17) is 13.8 Å². The van der Waals surface area contributed by atoms with Gasteiger partial charge in [-0.1, -0.05) is 0 Å². The van der Waals surface area contributed by atoms with Crippen molar-refractivity contribution in [3.05, 3.63) is 0 Å². The Hall–Kier alpha value is -0.630. The summed E-state index contributed by atoms with van der Waals surface area (Å²) in [5.41, 5.74) is -1.31. The fraction of sp³-hybridized carbons (Fsp3) is 0.923. The second-order valence-electron chi connectivity index (χ2n) is 6.25. The maximum atomic E-state index is 12.3. The summed E-state index contributed by atoms with van der Waals surface area (Å²) in [5, 5.41) is -0.774. The molecule has 0 N–H and O–H groups in total. The molecule has 0 unspecified atom stereocenters. The lowest BCUT2D eigenvalue weighted by molar-refractivity contribution is 0.0139. The van der Waals surface area contributed by atoms with Crippen molar-refractivity contribution < 1.29 is 31.6 Å². The molecule has 10 heteroatoms. The second-order valence-corrected chi connectivity index (χ2v) is 11.0. The van der Waals surface area contributed by atoms with Crippen LogP contribution in [0.1, 0.15) is 34.6 Å². The molecule has 0 aromatic heterocycles. The van der Waals surface area contributed by atoms with Crippen LogP contribution in [0.3, 0.4) is 0 Å². The predicted molar refractivity (Wildman–Crippen MR) is 86.2 cm³/mol. The first-order valence-corrected chi connectivity index (χ1v) is 10.9. The number of nitrogens with zero attached hydrogens (tertiary/aromatic N) is 1. The lowest BCUT2D eigenvalue weighted by Crippen LogP contribution is -2.58. The molecule has 1 fully saturated rings. The first-order chi connectivity index (χ1) is 10.4. The average Bonchev–Trinajstić information content (AvgIpc) is 2.22. The predicted octanol–water partition coefficient (Wildman–Crippen LogP) is 2.24. The molecule has 1 heterocycles. The summed E-state index contributed by atoms with van der Waals surface area (Å²) < 4.78 is 52.2. The lowest BCUT2D eigenvalue weighted by Gasteiger charge is -2.39. The van der Waals surface area contributed by atoms with Gasteiger partial charge in [0, 0.05) is 13.1 Å². The number of hydrogen-bond acceptors (Lipinski definition) is 7. The van der Waals surface area contributed by atoms with E-state index in [1.807, 2.05) is 0 Å². The van der Waals surface area contributed by atoms with Crippen molar-refractivity contribution in [2.24, 2.45) is 0 Å². The molecule has 1 saturated heterocycles. The van der Waals surface area contributed by atoms with E-state index in [-0.39, 0.29) is 26.3 Å². The zero-order valence-electron chi connectivity index (χ0n) is 14.3. The third kappa shape index (κ3) is 6.06. The van der Waals surface area contributed by atoms with Gasteiger partial charge in [0.1, 0.15) is 5.60 Å². The Morgan fingerprint density at radius 2 is 1.65 bits per heavy atom. The third-order valence-corrected chi connectivity index (χ3v) is 8.32. The number of sulfone groups is 1. The van der Waals surface area contributed by atoms with Crippen molar-refractivity contribution in [3.8, 4) is 0 Å². The van der Waals surface area contributed by atoms with Crippen LogP contribution in [0.2, 0.25) is 0 Å². The van der Waals surface area contributed by atoms with Crippen molar-refractivity contribution in [2.75, 3.05) is 31.8 Å². The molecule has 0 aromatic rings. The van der Waals surface area contributed by atoms with Gasteiger partial charge in [0.25, 0.3) is 0 Å². The van der Waals surface area contributed by atoms with Gasteiger partial charge in [-0.15, -0.1) is 0 Å². The number of ether oxygens (including phenoxy) is 1. The Bertz CT molecular complexity index is 553. The van der Waals surface area contributed by atoms with Gasteiger partial charge in [-0.05, 0) is 34.6 Å². The average molecular weight is 371 g/mol. The Labute approximate surface area is 137 Å². The van der Waals surface area contributed by atoms with Crippen molar-refractivity contribution in [1.29, 1.82) is 0 Å². The number of likely N-dealkylation sites (tertiary alicyclic amines) is 1. The molecule has 1 aliphatic rings. The highest BCUT2D eigenvalue weighted by molar-refractivity contribution is 7.98. The zero-order chi connectivity index (χ0) is 17.9. The highest BCUT2D eigenvalue weighted by Gasteiger charge is 2.45. The zero-order valence-corrected chi connectivity index (χ0v) is 16.0. The fourth-order valence-electron chi connectivity index (χ4n) is 1.97. The van der Waals surface area contributed by atoms with E-state index in [0.717, 1.165) is 0 Å². The van der Waals surface area contributed by atoms with Crippen LogP contribution in [0.15, 0.2) is 0 Å². The lowest BCUT2D eigenvalue weighted by atomic mass is 10.2. The number of carbonyl (C=O) groups is 1. The van der Waals surface area contributed by atoms with Gasteiger partial charge in [-0.25, -0.2) is 13.2 Å². The van der Waals surface area contributed by atoms with Crippen LogP contribution < -0.4 is 0 Å². The van der Waals surface area contributed by atoms with E-state index < -0.39 is 39.9 Å². The Balaban J connectivity index is 2.64. The third-order valence-electron chi connectivity index (χ3n) is 3.00. The summed E-state index contributed by atoms with van der Waals surface area (Å²) in [7, 11) is -7.37. The van der Waals surface area contributed by atoms with Crippen molar-refractivity contribution in [1.82, 2.24) is 4.90 Å². The summed E-state index contributed by atoms with van der Waals surface area (Å²) in [6, 6.07) is 0. The fourth-order valence-corrected chi connectivity index (χ4v) is 6.85. The normalized spacial score (nSPS) is 17.0. The first-order valence-electron chi connectivity index (χ1n) is 7.50. The molecular weight excluding hydrogens is 345 g/mol. The molecule has 1 rings (SSSR count). The molecule has 0 saturated carbocycles. The molecule has 0 bridgehead atoms. The highest BCUT2D eigenvalue weighted by atomic mass is 32.2. The number of amides is 1. The van der Waals surface area contributed by atoms with Crippen LogP contribution in [0.25, 0.3) is 0 Å². The molecule has 0 aromatic carbocycles. The summed E-state index contributed by atoms with van der Waals surface area (Å²) >= 11 is 0. The van der Waals surface area contributed by atoms with E-state index >= 15 is 0 Å². The summed E-state index contributed by atoms with van der Waals surface area (Å²) in [5.74, 6) is 0. The van der Waals surface area contributed by atoms with Crippen LogP contribution in [-0.4, -0.2) is 62.1 Å². The van der Waals surface area contributed by atoms with E-state index in [1.54, 1.807) is 34.6 Å². The van der Waals surface area contributed by atoms with Gasteiger partial charge in [-0.2, -0.15) is 0 Å². The van der Waals surface area contributed by atoms with Crippen molar-refractivity contribution >= 4 is 23.5 Å². The molecule has 1 aliphatic heterocycles. The maximum absolute atomic E-state index is 12.3. The molecule has 23 heavy (non-hydrogen) atoms. The van der Waals surface area contributed by atoms with Gasteiger partial charge in [-0.3, -0.25) is 4.57 Å². The smallest absolute Gasteiger partial charge is 0.410 e. The molecular formula is C13H26NO7PS. The SMILES string of the molecule is CCOP(=O)(CS(=O)(=O)C1CN(C(=O)OC(C)(C)C)C1)OCC.